The van der Waals surface area contributed by atoms with Crippen molar-refractivity contribution in [1.29, 1.82) is 0 Å². The summed E-state index contributed by atoms with van der Waals surface area (Å²) in [4.78, 5) is 27.5. The van der Waals surface area contributed by atoms with Gasteiger partial charge in [0.05, 0.1) is 5.92 Å². The molecule has 0 aromatic carbocycles. The second kappa shape index (κ2) is 37.7. The number of hydrogen-bond acceptors (Lipinski definition) is 3. The van der Waals surface area contributed by atoms with Gasteiger partial charge in [0.15, 0.2) is 0 Å². The Balaban J connectivity index is 3.82. The van der Waals surface area contributed by atoms with Gasteiger partial charge in [-0.1, -0.05) is 140 Å². The summed E-state index contributed by atoms with van der Waals surface area (Å²) in [6, 6.07) is 0. The van der Waals surface area contributed by atoms with Crippen LogP contribution < -0.4 is 10.6 Å². The maximum atomic E-state index is 12.9. The second-order valence-corrected chi connectivity index (χ2v) is 14.0. The van der Waals surface area contributed by atoms with Crippen LogP contribution in [0.2, 0.25) is 0 Å². The van der Waals surface area contributed by atoms with Crippen LogP contribution in [-0.4, -0.2) is 50.4 Å². The molecule has 0 aliphatic carbocycles. The Bertz CT molecular complexity index is 830. The first kappa shape index (κ1) is 45.9. The predicted octanol–water partition coefficient (Wildman–Crippen LogP) is 11.4. The van der Waals surface area contributed by atoms with Gasteiger partial charge >= 0.3 is 0 Å². The van der Waals surface area contributed by atoms with Gasteiger partial charge in [0.2, 0.25) is 11.8 Å². The quantitative estimate of drug-likeness (QED) is 0.0521. The molecule has 2 N–H and O–H groups in total. The van der Waals surface area contributed by atoms with E-state index in [1.54, 1.807) is 0 Å². The third kappa shape index (κ3) is 35.2. The highest BCUT2D eigenvalue weighted by molar-refractivity contribution is 5.85. The fraction of sp³-hybridized carbons (Fsp3) is 0.767. The maximum Gasteiger partial charge on any atom is 0.224 e. The Kier molecular flexibility index (Phi) is 36.0. The summed E-state index contributed by atoms with van der Waals surface area (Å²) in [5, 5.41) is 6.16. The van der Waals surface area contributed by atoms with E-state index < -0.39 is 0 Å². The Labute approximate surface area is 298 Å². The van der Waals surface area contributed by atoms with Crippen LogP contribution in [0.3, 0.4) is 0 Å². The molecule has 0 saturated heterocycles. The van der Waals surface area contributed by atoms with Gasteiger partial charge in [0.1, 0.15) is 0 Å². The first-order valence-corrected chi connectivity index (χ1v) is 20.3. The number of amides is 2. The average molecular weight is 670 g/mol. The molecule has 0 heterocycles. The Morgan fingerprint density at radius 2 is 0.875 bits per heavy atom. The lowest BCUT2D eigenvalue weighted by molar-refractivity contribution is -0.130. The summed E-state index contributed by atoms with van der Waals surface area (Å²) in [5.74, 6) is -0.302. The zero-order chi connectivity index (χ0) is 35.2. The molecule has 0 aromatic rings. The molecule has 0 bridgehead atoms. The van der Waals surface area contributed by atoms with Gasteiger partial charge in [-0.2, -0.15) is 0 Å². The molecule has 5 nitrogen and oxygen atoms in total. The Hall–Kier alpha value is -2.14. The molecule has 1 unspecified atom stereocenters. The molecule has 0 aliphatic rings. The highest BCUT2D eigenvalue weighted by Crippen LogP contribution is 2.11. The predicted molar refractivity (Wildman–Crippen MR) is 211 cm³/mol. The summed E-state index contributed by atoms with van der Waals surface area (Å²) in [7, 11) is 3.93. The van der Waals surface area contributed by atoms with E-state index in [0.717, 1.165) is 38.5 Å². The van der Waals surface area contributed by atoms with Crippen LogP contribution >= 0.6 is 0 Å². The minimum absolute atomic E-state index is 0.00619. The SMILES string of the molecule is CCCCC/C=C\C/C=C\CCCCCCCCNC(=O)CC(CN(C)C)C(=O)NCCCCCCCC/C=C\C/C=C\CCCCC. The number of carbonyl (C=O) groups is 2. The van der Waals surface area contributed by atoms with E-state index in [-0.39, 0.29) is 24.2 Å². The van der Waals surface area contributed by atoms with E-state index in [4.69, 9.17) is 0 Å². The molecule has 48 heavy (non-hydrogen) atoms. The first-order chi connectivity index (χ1) is 23.5. The van der Waals surface area contributed by atoms with Crippen molar-refractivity contribution < 1.29 is 9.59 Å². The molecule has 278 valence electrons. The molecule has 0 spiro atoms. The lowest BCUT2D eigenvalue weighted by Gasteiger charge is -2.20. The van der Waals surface area contributed by atoms with Crippen LogP contribution in [-0.2, 0) is 9.59 Å². The average Bonchev–Trinajstić information content (AvgIpc) is 3.07. The Morgan fingerprint density at radius 3 is 1.29 bits per heavy atom. The minimum Gasteiger partial charge on any atom is -0.356 e. The van der Waals surface area contributed by atoms with Crippen LogP contribution in [0.4, 0.5) is 0 Å². The van der Waals surface area contributed by atoms with Gasteiger partial charge in [-0.3, -0.25) is 9.59 Å². The number of nitrogens with one attached hydrogen (secondary N) is 2. The monoisotopic (exact) mass is 670 g/mol. The van der Waals surface area contributed by atoms with E-state index in [1.807, 2.05) is 19.0 Å². The van der Waals surface area contributed by atoms with Crippen LogP contribution in [0.25, 0.3) is 0 Å². The van der Waals surface area contributed by atoms with Crippen molar-refractivity contribution in [3.05, 3.63) is 48.6 Å². The zero-order valence-corrected chi connectivity index (χ0v) is 32.3. The van der Waals surface area contributed by atoms with Crippen LogP contribution in [0.15, 0.2) is 48.6 Å². The van der Waals surface area contributed by atoms with Crippen molar-refractivity contribution in [3.8, 4) is 0 Å². The van der Waals surface area contributed by atoms with Crippen LogP contribution in [0.1, 0.15) is 174 Å². The van der Waals surface area contributed by atoms with Crippen molar-refractivity contribution >= 4 is 11.8 Å². The van der Waals surface area contributed by atoms with Gasteiger partial charge in [0.25, 0.3) is 0 Å². The molecule has 5 heteroatoms. The molecule has 0 radical (unpaired) electrons. The number of carbonyl (C=O) groups excluding carboxylic acids is 2. The van der Waals surface area contributed by atoms with Crippen molar-refractivity contribution in [2.75, 3.05) is 33.7 Å². The maximum absolute atomic E-state index is 12.9. The highest BCUT2D eigenvalue weighted by atomic mass is 16.2. The summed E-state index contributed by atoms with van der Waals surface area (Å²) >= 11 is 0. The van der Waals surface area contributed by atoms with Crippen LogP contribution in [0.5, 0.6) is 0 Å². The van der Waals surface area contributed by atoms with E-state index in [2.05, 4.69) is 73.1 Å². The topological polar surface area (TPSA) is 61.4 Å². The van der Waals surface area contributed by atoms with Gasteiger partial charge in [0, 0.05) is 26.1 Å². The standard InChI is InChI=1S/C43H79N3O2/c1-5-7-9-11-13-15-17-19-21-23-25-27-29-31-33-35-37-44-42(47)39-41(40-46(3)4)43(48)45-38-36-34-32-30-28-26-24-22-20-18-16-14-12-10-8-6-2/h13-16,19-22,41H,5-12,17-18,23-40H2,1-4H3,(H,44,47)(H,45,48)/b15-13-,16-14-,21-19-,22-20-. The number of rotatable bonds is 35. The summed E-state index contributed by atoms with van der Waals surface area (Å²) in [5.41, 5.74) is 0. The summed E-state index contributed by atoms with van der Waals surface area (Å²) < 4.78 is 0. The Morgan fingerprint density at radius 1 is 0.500 bits per heavy atom. The number of allylic oxidation sites excluding steroid dienone is 8. The fourth-order valence-corrected chi connectivity index (χ4v) is 5.79. The smallest absolute Gasteiger partial charge is 0.224 e. The highest BCUT2D eigenvalue weighted by Gasteiger charge is 2.22. The summed E-state index contributed by atoms with van der Waals surface area (Å²) in [6.07, 6.45) is 47.9. The number of unbranched alkanes of at least 4 members (excludes halogenated alkanes) is 18. The van der Waals surface area contributed by atoms with E-state index in [9.17, 15) is 9.59 Å². The molecule has 0 rings (SSSR count). The van der Waals surface area contributed by atoms with Gasteiger partial charge in [-0.25, -0.2) is 0 Å². The van der Waals surface area contributed by atoms with Crippen molar-refractivity contribution in [2.45, 2.75) is 174 Å². The zero-order valence-electron chi connectivity index (χ0n) is 32.3. The molecule has 0 aliphatic heterocycles. The normalized spacial score (nSPS) is 12.8. The molecular weight excluding hydrogens is 590 g/mol. The molecule has 0 saturated carbocycles. The molecule has 0 aromatic heterocycles. The van der Waals surface area contributed by atoms with Crippen molar-refractivity contribution in [3.63, 3.8) is 0 Å². The number of nitrogens with zero attached hydrogens (tertiary/aromatic N) is 1. The third-order valence-electron chi connectivity index (χ3n) is 8.76. The largest absolute Gasteiger partial charge is 0.356 e. The lowest BCUT2D eigenvalue weighted by Crippen LogP contribution is -2.40. The van der Waals surface area contributed by atoms with Gasteiger partial charge in [-0.05, 0) is 91.1 Å². The minimum atomic E-state index is -0.305. The third-order valence-corrected chi connectivity index (χ3v) is 8.76. The molecule has 2 amide bonds. The lowest BCUT2D eigenvalue weighted by atomic mass is 10.0. The van der Waals surface area contributed by atoms with Gasteiger partial charge in [-0.15, -0.1) is 0 Å². The van der Waals surface area contributed by atoms with Crippen LogP contribution in [0, 0.1) is 5.92 Å². The van der Waals surface area contributed by atoms with E-state index >= 15 is 0 Å². The van der Waals surface area contributed by atoms with E-state index in [0.29, 0.717) is 19.6 Å². The summed E-state index contributed by atoms with van der Waals surface area (Å²) in [6.45, 7) is 6.50. The fourth-order valence-electron chi connectivity index (χ4n) is 5.79. The molecule has 1 atom stereocenters. The number of hydrogen-bond donors (Lipinski definition) is 2. The van der Waals surface area contributed by atoms with Gasteiger partial charge < -0.3 is 15.5 Å². The first-order valence-electron chi connectivity index (χ1n) is 20.3. The van der Waals surface area contributed by atoms with Crippen molar-refractivity contribution in [1.82, 2.24) is 15.5 Å². The molecular formula is C43H79N3O2. The van der Waals surface area contributed by atoms with E-state index in [1.165, 1.54) is 116 Å². The second-order valence-electron chi connectivity index (χ2n) is 14.0. The molecule has 0 fully saturated rings. The van der Waals surface area contributed by atoms with Crippen molar-refractivity contribution in [2.24, 2.45) is 5.92 Å².